The molecule has 3 heteroatoms. The molecule has 1 N–H and O–H groups in total. The Labute approximate surface area is 126 Å². The first-order valence-corrected chi connectivity index (χ1v) is 8.48. The number of rotatable bonds is 7. The van der Waals surface area contributed by atoms with Crippen molar-refractivity contribution in [2.45, 2.75) is 52.1 Å². The second kappa shape index (κ2) is 7.83. The van der Waals surface area contributed by atoms with Gasteiger partial charge in [-0.2, -0.15) is 0 Å². The SMILES string of the molecule is CC(C)CCN(Cc1sccc1C#CCCO)C1CC1. The lowest BCUT2D eigenvalue weighted by molar-refractivity contribution is 0.241. The van der Waals surface area contributed by atoms with Crippen LogP contribution in [-0.4, -0.2) is 29.2 Å². The van der Waals surface area contributed by atoms with Gasteiger partial charge in [0, 0.05) is 29.4 Å². The molecule has 1 aromatic rings. The number of hydrogen-bond donors (Lipinski definition) is 1. The van der Waals surface area contributed by atoms with Gasteiger partial charge < -0.3 is 5.11 Å². The van der Waals surface area contributed by atoms with Gasteiger partial charge in [0.2, 0.25) is 0 Å². The highest BCUT2D eigenvalue weighted by Crippen LogP contribution is 2.30. The molecular weight excluding hydrogens is 266 g/mol. The zero-order chi connectivity index (χ0) is 14.4. The van der Waals surface area contributed by atoms with E-state index in [-0.39, 0.29) is 6.61 Å². The highest BCUT2D eigenvalue weighted by Gasteiger charge is 2.29. The predicted octanol–water partition coefficient (Wildman–Crippen LogP) is 3.49. The lowest BCUT2D eigenvalue weighted by Gasteiger charge is -2.22. The van der Waals surface area contributed by atoms with E-state index < -0.39 is 0 Å². The van der Waals surface area contributed by atoms with Gasteiger partial charge in [-0.3, -0.25) is 4.90 Å². The van der Waals surface area contributed by atoms with Crippen LogP contribution in [0.4, 0.5) is 0 Å². The molecule has 1 aromatic heterocycles. The van der Waals surface area contributed by atoms with Crippen molar-refractivity contribution in [3.8, 4) is 11.8 Å². The number of hydrogen-bond acceptors (Lipinski definition) is 3. The first kappa shape index (κ1) is 15.6. The lowest BCUT2D eigenvalue weighted by Crippen LogP contribution is -2.27. The summed E-state index contributed by atoms with van der Waals surface area (Å²) in [6, 6.07) is 2.91. The summed E-state index contributed by atoms with van der Waals surface area (Å²) in [5.41, 5.74) is 1.15. The molecule has 110 valence electrons. The van der Waals surface area contributed by atoms with Crippen molar-refractivity contribution in [2.24, 2.45) is 5.92 Å². The van der Waals surface area contributed by atoms with Crippen LogP contribution in [0.2, 0.25) is 0 Å². The number of thiophene rings is 1. The number of aliphatic hydroxyl groups is 1. The molecule has 0 atom stereocenters. The maximum atomic E-state index is 8.80. The Morgan fingerprint density at radius 2 is 2.25 bits per heavy atom. The zero-order valence-electron chi connectivity index (χ0n) is 12.6. The molecule has 1 saturated carbocycles. The molecule has 0 spiro atoms. The number of nitrogens with zero attached hydrogens (tertiary/aromatic N) is 1. The largest absolute Gasteiger partial charge is 0.395 e. The van der Waals surface area contributed by atoms with Gasteiger partial charge in [0.1, 0.15) is 0 Å². The van der Waals surface area contributed by atoms with E-state index in [1.807, 2.05) is 11.3 Å². The smallest absolute Gasteiger partial charge is 0.0540 e. The van der Waals surface area contributed by atoms with Crippen LogP contribution >= 0.6 is 11.3 Å². The van der Waals surface area contributed by atoms with Crippen LogP contribution in [0.15, 0.2) is 11.4 Å². The van der Waals surface area contributed by atoms with Crippen LogP contribution in [0.3, 0.4) is 0 Å². The summed E-state index contributed by atoms with van der Waals surface area (Å²) in [6.07, 6.45) is 4.55. The third-order valence-electron chi connectivity index (χ3n) is 3.61. The number of aliphatic hydroxyl groups excluding tert-OH is 1. The van der Waals surface area contributed by atoms with Gasteiger partial charge in [-0.25, -0.2) is 0 Å². The van der Waals surface area contributed by atoms with E-state index >= 15 is 0 Å². The molecule has 0 aliphatic heterocycles. The van der Waals surface area contributed by atoms with E-state index in [0.29, 0.717) is 6.42 Å². The Morgan fingerprint density at radius 3 is 2.90 bits per heavy atom. The monoisotopic (exact) mass is 291 g/mol. The summed E-state index contributed by atoms with van der Waals surface area (Å²) in [5.74, 6) is 7.00. The maximum Gasteiger partial charge on any atom is 0.0540 e. The second-order valence-electron chi connectivity index (χ2n) is 5.92. The average Bonchev–Trinajstić information content (AvgIpc) is 3.17. The van der Waals surface area contributed by atoms with Gasteiger partial charge in [0.15, 0.2) is 0 Å². The van der Waals surface area contributed by atoms with Gasteiger partial charge >= 0.3 is 0 Å². The molecule has 0 unspecified atom stereocenters. The quantitative estimate of drug-likeness (QED) is 0.777. The molecular formula is C17H25NOS. The van der Waals surface area contributed by atoms with Crippen LogP contribution in [0.25, 0.3) is 0 Å². The normalized spacial score (nSPS) is 14.7. The minimum atomic E-state index is 0.148. The van der Waals surface area contributed by atoms with Gasteiger partial charge in [0.25, 0.3) is 0 Å². The molecule has 1 aliphatic carbocycles. The third kappa shape index (κ3) is 4.94. The van der Waals surface area contributed by atoms with Crippen molar-refractivity contribution in [2.75, 3.05) is 13.2 Å². The van der Waals surface area contributed by atoms with Crippen molar-refractivity contribution in [3.05, 3.63) is 21.9 Å². The summed E-state index contributed by atoms with van der Waals surface area (Å²) >= 11 is 1.81. The fraction of sp³-hybridized carbons (Fsp3) is 0.647. The van der Waals surface area contributed by atoms with Crippen molar-refractivity contribution >= 4 is 11.3 Å². The standard InChI is InChI=1S/C17H25NOS/c1-14(2)8-10-18(16-6-7-16)13-17-15(9-12-20-17)5-3-4-11-19/h9,12,14,16,19H,4,6-8,10-11,13H2,1-2H3. The molecule has 0 saturated heterocycles. The van der Waals surface area contributed by atoms with Crippen LogP contribution < -0.4 is 0 Å². The molecule has 1 fully saturated rings. The van der Waals surface area contributed by atoms with E-state index in [4.69, 9.17) is 5.11 Å². The van der Waals surface area contributed by atoms with Crippen LogP contribution in [0, 0.1) is 17.8 Å². The topological polar surface area (TPSA) is 23.5 Å². The van der Waals surface area contributed by atoms with Gasteiger partial charge in [-0.1, -0.05) is 25.7 Å². The van der Waals surface area contributed by atoms with E-state index in [1.54, 1.807) is 0 Å². The molecule has 0 aromatic carbocycles. The molecule has 2 nitrogen and oxygen atoms in total. The van der Waals surface area contributed by atoms with E-state index in [0.717, 1.165) is 24.1 Å². The Morgan fingerprint density at radius 1 is 1.45 bits per heavy atom. The summed E-state index contributed by atoms with van der Waals surface area (Å²) < 4.78 is 0. The summed E-state index contributed by atoms with van der Waals surface area (Å²) in [5, 5.41) is 10.9. The summed E-state index contributed by atoms with van der Waals surface area (Å²) in [4.78, 5) is 4.01. The maximum absolute atomic E-state index is 8.80. The van der Waals surface area contributed by atoms with E-state index in [9.17, 15) is 0 Å². The fourth-order valence-electron chi connectivity index (χ4n) is 2.23. The third-order valence-corrected chi connectivity index (χ3v) is 4.51. The second-order valence-corrected chi connectivity index (χ2v) is 6.92. The van der Waals surface area contributed by atoms with Crippen LogP contribution in [0.5, 0.6) is 0 Å². The van der Waals surface area contributed by atoms with Crippen molar-refractivity contribution in [1.29, 1.82) is 0 Å². The van der Waals surface area contributed by atoms with Gasteiger partial charge in [-0.05, 0) is 43.2 Å². The van der Waals surface area contributed by atoms with E-state index in [1.165, 1.54) is 30.7 Å². The van der Waals surface area contributed by atoms with E-state index in [2.05, 4.69) is 42.0 Å². The zero-order valence-corrected chi connectivity index (χ0v) is 13.4. The molecule has 0 bridgehead atoms. The first-order chi connectivity index (χ1) is 9.70. The molecule has 2 rings (SSSR count). The van der Waals surface area contributed by atoms with Crippen molar-refractivity contribution < 1.29 is 5.11 Å². The summed E-state index contributed by atoms with van der Waals surface area (Å²) in [6.45, 7) is 6.97. The molecule has 1 aliphatic rings. The first-order valence-electron chi connectivity index (χ1n) is 7.61. The molecule has 0 amide bonds. The predicted molar refractivity (Wildman–Crippen MR) is 85.8 cm³/mol. The van der Waals surface area contributed by atoms with Gasteiger partial charge in [-0.15, -0.1) is 11.3 Å². The highest BCUT2D eigenvalue weighted by molar-refractivity contribution is 7.10. The van der Waals surface area contributed by atoms with Gasteiger partial charge in [0.05, 0.1) is 6.61 Å². The molecule has 1 heterocycles. The summed E-state index contributed by atoms with van der Waals surface area (Å²) in [7, 11) is 0. The van der Waals surface area contributed by atoms with Crippen LogP contribution in [0.1, 0.15) is 50.0 Å². The minimum Gasteiger partial charge on any atom is -0.395 e. The minimum absolute atomic E-state index is 0.148. The Kier molecular flexibility index (Phi) is 6.09. The highest BCUT2D eigenvalue weighted by atomic mass is 32.1. The van der Waals surface area contributed by atoms with Crippen molar-refractivity contribution in [3.63, 3.8) is 0 Å². The Bertz CT molecular complexity index is 465. The lowest BCUT2D eigenvalue weighted by atomic mass is 10.1. The average molecular weight is 291 g/mol. The Hall–Kier alpha value is -0.820. The fourth-order valence-corrected chi connectivity index (χ4v) is 3.08. The van der Waals surface area contributed by atoms with Crippen molar-refractivity contribution in [1.82, 2.24) is 4.90 Å². The molecule has 0 radical (unpaired) electrons. The molecule has 20 heavy (non-hydrogen) atoms. The Balaban J connectivity index is 1.96. The van der Waals surface area contributed by atoms with Crippen LogP contribution in [-0.2, 0) is 6.54 Å².